The van der Waals surface area contributed by atoms with E-state index in [9.17, 15) is 8.78 Å². The van der Waals surface area contributed by atoms with Crippen LogP contribution in [0.25, 0.3) is 0 Å². The van der Waals surface area contributed by atoms with Crippen molar-refractivity contribution in [3.63, 3.8) is 0 Å². The number of halogens is 2. The topological polar surface area (TPSA) is 0 Å². The molecular formula is C7H8F2. The van der Waals surface area contributed by atoms with Crippen LogP contribution >= 0.6 is 0 Å². The van der Waals surface area contributed by atoms with E-state index in [0.717, 1.165) is 11.6 Å². The van der Waals surface area contributed by atoms with Crippen molar-refractivity contribution in [1.29, 1.82) is 0 Å². The van der Waals surface area contributed by atoms with Crippen LogP contribution in [0.15, 0.2) is 23.6 Å². The third-order valence-corrected chi connectivity index (χ3v) is 1.24. The Balaban J connectivity index is 2.74. The molecule has 50 valence electrons. The minimum atomic E-state index is -1.12. The summed E-state index contributed by atoms with van der Waals surface area (Å²) in [5, 5.41) is 0. The van der Waals surface area contributed by atoms with E-state index in [4.69, 9.17) is 0 Å². The van der Waals surface area contributed by atoms with Gasteiger partial charge in [0, 0.05) is 6.42 Å². The molecule has 1 aliphatic carbocycles. The molecule has 0 saturated carbocycles. The molecule has 0 saturated heterocycles. The Morgan fingerprint density at radius 2 is 2.33 bits per heavy atom. The molecule has 1 unspecified atom stereocenters. The molecule has 0 bridgehead atoms. The van der Waals surface area contributed by atoms with E-state index in [1.54, 1.807) is 6.92 Å². The molecule has 2 heteroatoms. The molecule has 0 aromatic carbocycles. The van der Waals surface area contributed by atoms with Gasteiger partial charge in [-0.2, -0.15) is 0 Å². The summed E-state index contributed by atoms with van der Waals surface area (Å²) in [4.78, 5) is 0. The Kier molecular flexibility index (Phi) is 1.65. The first-order valence-electron chi connectivity index (χ1n) is 2.87. The Labute approximate surface area is 52.9 Å². The minimum Gasteiger partial charge on any atom is -0.242 e. The average molecular weight is 130 g/mol. The summed E-state index contributed by atoms with van der Waals surface area (Å²) < 4.78 is 24.6. The van der Waals surface area contributed by atoms with Gasteiger partial charge in [0.05, 0.1) is 0 Å². The largest absolute Gasteiger partial charge is 0.242 e. The van der Waals surface area contributed by atoms with Crippen LogP contribution < -0.4 is 0 Å². The third kappa shape index (κ3) is 1.63. The second kappa shape index (κ2) is 2.29. The lowest BCUT2D eigenvalue weighted by molar-refractivity contribution is 0.386. The quantitative estimate of drug-likeness (QED) is 0.472. The molecule has 0 heterocycles. The Hall–Kier alpha value is -0.660. The third-order valence-electron chi connectivity index (χ3n) is 1.24. The highest BCUT2D eigenvalue weighted by Crippen LogP contribution is 2.19. The molecule has 1 atom stereocenters. The van der Waals surface area contributed by atoms with E-state index in [1.165, 1.54) is 6.08 Å². The molecule has 0 amide bonds. The summed E-state index contributed by atoms with van der Waals surface area (Å²) in [6, 6.07) is 0. The van der Waals surface area contributed by atoms with Gasteiger partial charge < -0.3 is 0 Å². The zero-order valence-electron chi connectivity index (χ0n) is 5.20. The van der Waals surface area contributed by atoms with E-state index < -0.39 is 12.0 Å². The van der Waals surface area contributed by atoms with Crippen molar-refractivity contribution in [2.24, 2.45) is 0 Å². The van der Waals surface area contributed by atoms with Gasteiger partial charge in [-0.1, -0.05) is 5.57 Å². The number of allylic oxidation sites excluding steroid dienone is 4. The van der Waals surface area contributed by atoms with E-state index in [-0.39, 0.29) is 0 Å². The minimum absolute atomic E-state index is 0.341. The highest BCUT2D eigenvalue weighted by Gasteiger charge is 2.10. The predicted octanol–water partition coefficient (Wildman–Crippen LogP) is 2.53. The smallest absolute Gasteiger partial charge is 0.125 e. The van der Waals surface area contributed by atoms with Crippen LogP contribution in [0.2, 0.25) is 0 Å². The molecule has 1 rings (SSSR count). The molecule has 1 aliphatic rings. The van der Waals surface area contributed by atoms with E-state index in [2.05, 4.69) is 0 Å². The number of hydrogen-bond acceptors (Lipinski definition) is 0. The predicted molar refractivity (Wildman–Crippen MR) is 32.5 cm³/mol. The van der Waals surface area contributed by atoms with Crippen molar-refractivity contribution in [1.82, 2.24) is 0 Å². The van der Waals surface area contributed by atoms with Crippen molar-refractivity contribution in [3.8, 4) is 0 Å². The van der Waals surface area contributed by atoms with Gasteiger partial charge in [-0.25, -0.2) is 8.78 Å². The van der Waals surface area contributed by atoms with Gasteiger partial charge >= 0.3 is 0 Å². The number of rotatable bonds is 0. The molecule has 9 heavy (non-hydrogen) atoms. The van der Waals surface area contributed by atoms with Crippen molar-refractivity contribution in [3.05, 3.63) is 23.6 Å². The summed E-state index contributed by atoms with van der Waals surface area (Å²) in [6.07, 6.45) is 1.58. The van der Waals surface area contributed by atoms with Crippen LogP contribution in [0.4, 0.5) is 8.78 Å². The van der Waals surface area contributed by atoms with Gasteiger partial charge in [-0.05, 0) is 19.1 Å². The molecular weight excluding hydrogens is 122 g/mol. The van der Waals surface area contributed by atoms with Crippen LogP contribution in [0.3, 0.4) is 0 Å². The fourth-order valence-electron chi connectivity index (χ4n) is 0.882. The summed E-state index contributed by atoms with van der Waals surface area (Å²) in [6.45, 7) is 1.72. The SMILES string of the molecule is CC1=CC(F)=CC(F)C1. The van der Waals surface area contributed by atoms with Gasteiger partial charge in [-0.15, -0.1) is 0 Å². The van der Waals surface area contributed by atoms with Gasteiger partial charge in [0.1, 0.15) is 12.0 Å². The van der Waals surface area contributed by atoms with Gasteiger partial charge in [0.2, 0.25) is 0 Å². The van der Waals surface area contributed by atoms with Crippen LogP contribution in [0.1, 0.15) is 13.3 Å². The van der Waals surface area contributed by atoms with Crippen molar-refractivity contribution in [2.75, 3.05) is 0 Å². The maximum Gasteiger partial charge on any atom is 0.125 e. The van der Waals surface area contributed by atoms with Gasteiger partial charge in [0.15, 0.2) is 0 Å². The Bertz CT molecular complexity index is 168. The van der Waals surface area contributed by atoms with E-state index in [0.29, 0.717) is 6.42 Å². The standard InChI is InChI=1S/C7H8F2/c1-5-2-6(8)4-7(9)3-5/h2,4,7H,3H2,1H3. The van der Waals surface area contributed by atoms with Crippen molar-refractivity contribution >= 4 is 0 Å². The molecule has 0 aromatic rings. The Morgan fingerprint density at radius 1 is 1.67 bits per heavy atom. The zero-order chi connectivity index (χ0) is 6.85. The van der Waals surface area contributed by atoms with E-state index >= 15 is 0 Å². The number of alkyl halides is 1. The van der Waals surface area contributed by atoms with Gasteiger partial charge in [0.25, 0.3) is 0 Å². The Morgan fingerprint density at radius 3 is 2.78 bits per heavy atom. The monoisotopic (exact) mass is 130 g/mol. The molecule has 0 spiro atoms. The van der Waals surface area contributed by atoms with Crippen molar-refractivity contribution in [2.45, 2.75) is 19.5 Å². The molecule has 0 aromatic heterocycles. The first kappa shape index (κ1) is 6.46. The van der Waals surface area contributed by atoms with Crippen LogP contribution in [0, 0.1) is 0 Å². The van der Waals surface area contributed by atoms with Crippen molar-refractivity contribution < 1.29 is 8.78 Å². The molecule has 0 aliphatic heterocycles. The lowest BCUT2D eigenvalue weighted by Crippen LogP contribution is -2.00. The molecule has 0 N–H and O–H groups in total. The normalized spacial score (nSPS) is 27.2. The lowest BCUT2D eigenvalue weighted by Gasteiger charge is -2.07. The second-order valence-corrected chi connectivity index (χ2v) is 2.26. The highest BCUT2D eigenvalue weighted by molar-refractivity contribution is 5.23. The fourth-order valence-corrected chi connectivity index (χ4v) is 0.882. The van der Waals surface area contributed by atoms with Crippen LogP contribution in [-0.4, -0.2) is 6.17 Å². The summed E-state index contributed by atoms with van der Waals surface area (Å²) in [5.41, 5.74) is 0.766. The lowest BCUT2D eigenvalue weighted by atomic mass is 10.1. The van der Waals surface area contributed by atoms with E-state index in [1.807, 2.05) is 0 Å². The van der Waals surface area contributed by atoms with Crippen LogP contribution in [-0.2, 0) is 0 Å². The first-order valence-corrected chi connectivity index (χ1v) is 2.87. The molecule has 0 nitrogen and oxygen atoms in total. The first-order chi connectivity index (χ1) is 4.18. The second-order valence-electron chi connectivity index (χ2n) is 2.26. The summed E-state index contributed by atoms with van der Waals surface area (Å²) in [7, 11) is 0. The summed E-state index contributed by atoms with van der Waals surface area (Å²) in [5.74, 6) is -0.453. The highest BCUT2D eigenvalue weighted by atomic mass is 19.1. The maximum atomic E-state index is 12.3. The average Bonchev–Trinajstić information content (AvgIpc) is 1.59. The fraction of sp³-hybridized carbons (Fsp3) is 0.429. The van der Waals surface area contributed by atoms with Crippen LogP contribution in [0.5, 0.6) is 0 Å². The summed E-state index contributed by atoms with van der Waals surface area (Å²) >= 11 is 0. The maximum absolute atomic E-state index is 12.3. The zero-order valence-corrected chi connectivity index (χ0v) is 5.20. The van der Waals surface area contributed by atoms with Gasteiger partial charge in [-0.3, -0.25) is 0 Å². The molecule has 0 radical (unpaired) electrons. The number of hydrogen-bond donors (Lipinski definition) is 0. The molecule has 0 fully saturated rings.